The van der Waals surface area contributed by atoms with Gasteiger partial charge in [0.1, 0.15) is 0 Å². The highest BCUT2D eigenvalue weighted by atomic mass is 16.1. The van der Waals surface area contributed by atoms with Crippen molar-refractivity contribution in [3.63, 3.8) is 0 Å². The highest BCUT2D eigenvalue weighted by Gasteiger charge is 2.19. The Kier molecular flexibility index (Phi) is 3.34. The molecule has 1 amide bonds. The van der Waals surface area contributed by atoms with Gasteiger partial charge >= 0.3 is 0 Å². The largest absolute Gasteiger partial charge is 0.354 e. The zero-order valence-corrected chi connectivity index (χ0v) is 8.65. The number of nitrogens with one attached hydrogen (secondary N) is 2. The number of amides is 1. The predicted octanol–water partition coefficient (Wildman–Crippen LogP) is -0.391. The first-order valence-corrected chi connectivity index (χ1v) is 5.28. The van der Waals surface area contributed by atoms with Crippen LogP contribution in [-0.2, 0) is 11.3 Å². The maximum Gasteiger partial charge on any atom is 0.220 e. The molecule has 1 aliphatic heterocycles. The molecule has 0 atom stereocenters. The minimum atomic E-state index is 0.154. The molecule has 0 unspecified atom stereocenters. The SMILES string of the molecule is O=C(CC1CNC1)NCCn1ccnc1. The van der Waals surface area contributed by atoms with Gasteiger partial charge in [0.15, 0.2) is 0 Å². The number of rotatable bonds is 5. The molecule has 1 saturated heterocycles. The monoisotopic (exact) mass is 208 g/mol. The second-order valence-corrected chi connectivity index (χ2v) is 3.88. The molecule has 1 aliphatic rings. The van der Waals surface area contributed by atoms with Crippen molar-refractivity contribution in [2.75, 3.05) is 19.6 Å². The molecule has 5 heteroatoms. The van der Waals surface area contributed by atoms with Crippen LogP contribution in [0, 0.1) is 5.92 Å². The average molecular weight is 208 g/mol. The maximum atomic E-state index is 11.4. The van der Waals surface area contributed by atoms with E-state index in [1.54, 1.807) is 12.5 Å². The minimum Gasteiger partial charge on any atom is -0.354 e. The molecule has 5 nitrogen and oxygen atoms in total. The van der Waals surface area contributed by atoms with Crippen LogP contribution in [0.3, 0.4) is 0 Å². The van der Waals surface area contributed by atoms with E-state index in [0.717, 1.165) is 19.6 Å². The third-order valence-electron chi connectivity index (χ3n) is 2.59. The Morgan fingerprint density at radius 3 is 3.07 bits per heavy atom. The van der Waals surface area contributed by atoms with Crippen molar-refractivity contribution in [3.8, 4) is 0 Å². The van der Waals surface area contributed by atoms with Gasteiger partial charge in [-0.15, -0.1) is 0 Å². The summed E-state index contributed by atoms with van der Waals surface area (Å²) in [5.74, 6) is 0.694. The Morgan fingerprint density at radius 1 is 1.60 bits per heavy atom. The Labute approximate surface area is 88.9 Å². The molecule has 2 rings (SSSR count). The normalized spacial score (nSPS) is 16.0. The summed E-state index contributed by atoms with van der Waals surface area (Å²) in [6.45, 7) is 3.42. The van der Waals surface area contributed by atoms with E-state index >= 15 is 0 Å². The number of carbonyl (C=O) groups excluding carboxylic acids is 1. The Morgan fingerprint density at radius 2 is 2.47 bits per heavy atom. The fraction of sp³-hybridized carbons (Fsp3) is 0.600. The zero-order valence-electron chi connectivity index (χ0n) is 8.65. The van der Waals surface area contributed by atoms with Crippen LogP contribution in [0.5, 0.6) is 0 Å². The van der Waals surface area contributed by atoms with Crippen LogP contribution in [0.4, 0.5) is 0 Å². The quantitative estimate of drug-likeness (QED) is 0.693. The standard InChI is InChI=1S/C10H16N4O/c15-10(5-9-6-12-7-9)13-2-4-14-3-1-11-8-14/h1,3,8-9,12H,2,4-7H2,(H,13,15). The molecule has 0 radical (unpaired) electrons. The number of aromatic nitrogens is 2. The van der Waals surface area contributed by atoms with E-state index in [1.807, 2.05) is 10.8 Å². The van der Waals surface area contributed by atoms with Crippen LogP contribution >= 0.6 is 0 Å². The summed E-state index contributed by atoms with van der Waals surface area (Å²) in [6.07, 6.45) is 6.03. The molecule has 2 N–H and O–H groups in total. The van der Waals surface area contributed by atoms with E-state index < -0.39 is 0 Å². The molecule has 82 valence electrons. The van der Waals surface area contributed by atoms with Gasteiger partial charge in [-0.3, -0.25) is 4.79 Å². The average Bonchev–Trinajstić information content (AvgIpc) is 2.64. The molecule has 1 fully saturated rings. The molecule has 0 saturated carbocycles. The van der Waals surface area contributed by atoms with Crippen LogP contribution in [0.2, 0.25) is 0 Å². The van der Waals surface area contributed by atoms with Gasteiger partial charge in [0.2, 0.25) is 5.91 Å². The lowest BCUT2D eigenvalue weighted by Gasteiger charge is -2.26. The number of hydrogen-bond acceptors (Lipinski definition) is 3. The van der Waals surface area contributed by atoms with Crippen molar-refractivity contribution in [2.45, 2.75) is 13.0 Å². The second-order valence-electron chi connectivity index (χ2n) is 3.88. The zero-order chi connectivity index (χ0) is 10.5. The molecule has 0 aromatic carbocycles. The smallest absolute Gasteiger partial charge is 0.220 e. The van der Waals surface area contributed by atoms with Crippen LogP contribution in [-0.4, -0.2) is 35.1 Å². The van der Waals surface area contributed by atoms with Gasteiger partial charge in [-0.25, -0.2) is 4.98 Å². The highest BCUT2D eigenvalue weighted by molar-refractivity contribution is 5.76. The molecule has 1 aromatic heterocycles. The van der Waals surface area contributed by atoms with Gasteiger partial charge in [0, 0.05) is 31.9 Å². The van der Waals surface area contributed by atoms with Gasteiger partial charge in [-0.05, 0) is 19.0 Å². The van der Waals surface area contributed by atoms with Crippen molar-refractivity contribution in [2.24, 2.45) is 5.92 Å². The van der Waals surface area contributed by atoms with Gasteiger partial charge in [0.05, 0.1) is 6.33 Å². The van der Waals surface area contributed by atoms with Gasteiger partial charge < -0.3 is 15.2 Å². The fourth-order valence-corrected chi connectivity index (χ4v) is 1.57. The molecule has 0 aliphatic carbocycles. The van der Waals surface area contributed by atoms with E-state index in [0.29, 0.717) is 18.9 Å². The Hall–Kier alpha value is -1.36. The number of nitrogens with zero attached hydrogens (tertiary/aromatic N) is 2. The summed E-state index contributed by atoms with van der Waals surface area (Å²) in [5, 5.41) is 6.06. The first-order valence-electron chi connectivity index (χ1n) is 5.28. The minimum absolute atomic E-state index is 0.154. The van der Waals surface area contributed by atoms with E-state index in [4.69, 9.17) is 0 Å². The number of carbonyl (C=O) groups is 1. The third kappa shape index (κ3) is 3.06. The molecular formula is C10H16N4O. The summed E-state index contributed by atoms with van der Waals surface area (Å²) in [4.78, 5) is 15.3. The highest BCUT2D eigenvalue weighted by Crippen LogP contribution is 2.07. The van der Waals surface area contributed by atoms with Gasteiger partial charge in [-0.2, -0.15) is 0 Å². The van der Waals surface area contributed by atoms with E-state index in [1.165, 1.54) is 0 Å². The van der Waals surface area contributed by atoms with Crippen molar-refractivity contribution < 1.29 is 4.79 Å². The molecule has 1 aromatic rings. The van der Waals surface area contributed by atoms with Crippen molar-refractivity contribution in [1.29, 1.82) is 0 Å². The van der Waals surface area contributed by atoms with Crippen LogP contribution < -0.4 is 10.6 Å². The molecule has 2 heterocycles. The summed E-state index contributed by atoms with van der Waals surface area (Å²) < 4.78 is 1.95. The molecule has 0 bridgehead atoms. The molecule has 15 heavy (non-hydrogen) atoms. The molecule has 0 spiro atoms. The lowest BCUT2D eigenvalue weighted by molar-refractivity contribution is -0.122. The van der Waals surface area contributed by atoms with Crippen molar-refractivity contribution in [1.82, 2.24) is 20.2 Å². The second kappa shape index (κ2) is 4.93. The summed E-state index contributed by atoms with van der Waals surface area (Å²) in [6, 6.07) is 0. The van der Waals surface area contributed by atoms with E-state index in [9.17, 15) is 4.79 Å². The summed E-state index contributed by atoms with van der Waals surface area (Å²) in [5.41, 5.74) is 0. The predicted molar refractivity (Wildman–Crippen MR) is 56.2 cm³/mol. The Balaban J connectivity index is 1.58. The number of imidazole rings is 1. The lowest BCUT2D eigenvalue weighted by atomic mass is 9.99. The first-order chi connectivity index (χ1) is 7.34. The van der Waals surface area contributed by atoms with E-state index in [-0.39, 0.29) is 5.91 Å². The van der Waals surface area contributed by atoms with Crippen molar-refractivity contribution >= 4 is 5.91 Å². The summed E-state index contributed by atoms with van der Waals surface area (Å²) in [7, 11) is 0. The van der Waals surface area contributed by atoms with Crippen molar-refractivity contribution in [3.05, 3.63) is 18.7 Å². The van der Waals surface area contributed by atoms with Gasteiger partial charge in [0.25, 0.3) is 0 Å². The third-order valence-corrected chi connectivity index (χ3v) is 2.59. The van der Waals surface area contributed by atoms with Crippen LogP contribution in [0.15, 0.2) is 18.7 Å². The Bertz CT molecular complexity index is 305. The maximum absolute atomic E-state index is 11.4. The fourth-order valence-electron chi connectivity index (χ4n) is 1.57. The lowest BCUT2D eigenvalue weighted by Crippen LogP contribution is -2.44. The molecular weight excluding hydrogens is 192 g/mol. The topological polar surface area (TPSA) is 59.0 Å². The first kappa shape index (κ1) is 10.2. The number of hydrogen-bond donors (Lipinski definition) is 2. The van der Waals surface area contributed by atoms with Gasteiger partial charge in [-0.1, -0.05) is 0 Å². The van der Waals surface area contributed by atoms with E-state index in [2.05, 4.69) is 15.6 Å². The van der Waals surface area contributed by atoms with Crippen LogP contribution in [0.1, 0.15) is 6.42 Å². The summed E-state index contributed by atoms with van der Waals surface area (Å²) >= 11 is 0. The van der Waals surface area contributed by atoms with Crippen LogP contribution in [0.25, 0.3) is 0 Å².